The van der Waals surface area contributed by atoms with Gasteiger partial charge in [0.05, 0.1) is 29.4 Å². The lowest BCUT2D eigenvalue weighted by Gasteiger charge is -2.52. The van der Waals surface area contributed by atoms with Crippen molar-refractivity contribution in [3.05, 3.63) is 39.9 Å². The molecule has 2 unspecified atom stereocenters. The average Bonchev–Trinajstić information content (AvgIpc) is 3.33. The zero-order valence-electron chi connectivity index (χ0n) is 20.8. The van der Waals surface area contributed by atoms with Gasteiger partial charge in [-0.3, -0.25) is 14.2 Å². The number of fused-ring (bicyclic) bond motifs is 1. The Labute approximate surface area is 212 Å². The van der Waals surface area contributed by atoms with Crippen LogP contribution in [0.25, 0.3) is 10.9 Å². The van der Waals surface area contributed by atoms with Crippen LogP contribution < -0.4 is 5.56 Å². The maximum absolute atomic E-state index is 13.5. The van der Waals surface area contributed by atoms with E-state index in [9.17, 15) is 14.7 Å². The molecule has 35 heavy (non-hydrogen) atoms. The number of aliphatic hydroxyl groups is 1. The number of rotatable bonds is 5. The molecule has 5 rings (SSSR count). The molecule has 1 aromatic heterocycles. The maximum atomic E-state index is 13.5. The second-order valence-corrected chi connectivity index (χ2v) is 11.9. The lowest BCUT2D eigenvalue weighted by atomic mass is 9.65. The minimum Gasteiger partial charge on any atom is -0.387 e. The molecule has 2 atom stereocenters. The number of aromatic nitrogens is 2. The Morgan fingerprint density at radius 3 is 2.66 bits per heavy atom. The zero-order valence-corrected chi connectivity index (χ0v) is 21.6. The van der Waals surface area contributed by atoms with Crippen LogP contribution >= 0.6 is 11.6 Å². The topological polar surface area (TPSA) is 75.4 Å². The van der Waals surface area contributed by atoms with Crippen molar-refractivity contribution < 1.29 is 9.90 Å². The van der Waals surface area contributed by atoms with Gasteiger partial charge in [0, 0.05) is 29.4 Å². The molecule has 1 aromatic carbocycles. The predicted molar refractivity (Wildman–Crippen MR) is 138 cm³/mol. The molecule has 1 aliphatic heterocycles. The van der Waals surface area contributed by atoms with Crippen molar-refractivity contribution in [2.75, 3.05) is 13.1 Å². The molecule has 1 N–H and O–H groups in total. The van der Waals surface area contributed by atoms with Crippen LogP contribution in [0.15, 0.2) is 29.3 Å². The molecular formula is C28H38ClN3O3. The molecule has 1 amide bonds. The van der Waals surface area contributed by atoms with Crippen LogP contribution in [0.2, 0.25) is 5.02 Å². The Kier molecular flexibility index (Phi) is 6.97. The molecule has 6 nitrogen and oxygen atoms in total. The van der Waals surface area contributed by atoms with E-state index in [1.807, 2.05) is 4.90 Å². The number of benzene rings is 1. The molecule has 2 aliphatic carbocycles. The number of likely N-dealkylation sites (tertiary alicyclic amines) is 1. The minimum atomic E-state index is -1.04. The minimum absolute atomic E-state index is 0.0295. The lowest BCUT2D eigenvalue weighted by molar-refractivity contribution is -0.163. The Morgan fingerprint density at radius 1 is 1.17 bits per heavy atom. The third kappa shape index (κ3) is 4.76. The second-order valence-electron chi connectivity index (χ2n) is 11.5. The fourth-order valence-electron chi connectivity index (χ4n) is 7.15. The normalized spacial score (nSPS) is 25.9. The number of hydrogen-bond donors (Lipinski definition) is 1. The van der Waals surface area contributed by atoms with Gasteiger partial charge in [0.15, 0.2) is 0 Å². The number of carbonyl (C=O) groups is 1. The average molecular weight is 500 g/mol. The highest BCUT2D eigenvalue weighted by molar-refractivity contribution is 6.31. The van der Waals surface area contributed by atoms with Crippen molar-refractivity contribution in [3.63, 3.8) is 0 Å². The van der Waals surface area contributed by atoms with Gasteiger partial charge in [-0.2, -0.15) is 0 Å². The Balaban J connectivity index is 1.35. The highest BCUT2D eigenvalue weighted by Crippen LogP contribution is 2.51. The first-order valence-electron chi connectivity index (χ1n) is 13.5. The Morgan fingerprint density at radius 2 is 1.91 bits per heavy atom. The fraction of sp³-hybridized carbons (Fsp3) is 0.679. The van der Waals surface area contributed by atoms with Crippen molar-refractivity contribution >= 4 is 28.4 Å². The lowest BCUT2D eigenvalue weighted by Crippen LogP contribution is -2.62. The second kappa shape index (κ2) is 9.85. The zero-order chi connectivity index (χ0) is 24.6. The van der Waals surface area contributed by atoms with Gasteiger partial charge in [0.2, 0.25) is 5.91 Å². The van der Waals surface area contributed by atoms with Crippen LogP contribution in [0.5, 0.6) is 0 Å². The van der Waals surface area contributed by atoms with Crippen LogP contribution in [0.4, 0.5) is 0 Å². The van der Waals surface area contributed by atoms with Crippen LogP contribution in [-0.2, 0) is 11.3 Å². The largest absolute Gasteiger partial charge is 0.387 e. The van der Waals surface area contributed by atoms with E-state index in [0.717, 1.165) is 32.1 Å². The quantitative estimate of drug-likeness (QED) is 0.615. The standard InChI is InChI=1S/C28H38ClN3O3/c1-20(15-21-7-3-2-4-8-21)25(33)31-14-13-28(35,27(17-31)11-5-6-12-27)18-32-19-30-24-16-22(29)9-10-23(24)26(32)34/h9-10,16,19-21,35H,2-8,11-15,17-18H2,1H3. The summed E-state index contributed by atoms with van der Waals surface area (Å²) in [5.74, 6) is 0.944. The summed E-state index contributed by atoms with van der Waals surface area (Å²) in [7, 11) is 0. The van der Waals surface area contributed by atoms with Gasteiger partial charge in [-0.25, -0.2) is 4.98 Å². The summed E-state index contributed by atoms with van der Waals surface area (Å²) in [5.41, 5.74) is -1.01. The van der Waals surface area contributed by atoms with Crippen LogP contribution in [-0.4, -0.2) is 44.2 Å². The van der Waals surface area contributed by atoms with Gasteiger partial charge in [0.25, 0.3) is 5.56 Å². The van der Waals surface area contributed by atoms with Crippen LogP contribution in [0, 0.1) is 17.3 Å². The predicted octanol–water partition coefficient (Wildman–Crippen LogP) is 5.18. The van der Waals surface area contributed by atoms with Crippen molar-refractivity contribution in [1.82, 2.24) is 14.5 Å². The molecule has 190 valence electrons. The van der Waals surface area contributed by atoms with E-state index in [-0.39, 0.29) is 29.3 Å². The van der Waals surface area contributed by atoms with Crippen molar-refractivity contribution in [1.29, 1.82) is 0 Å². The summed E-state index contributed by atoms with van der Waals surface area (Å²) >= 11 is 6.07. The van der Waals surface area contributed by atoms with Gasteiger partial charge in [-0.05, 0) is 49.8 Å². The molecule has 0 bridgehead atoms. The van der Waals surface area contributed by atoms with Crippen LogP contribution in [0.1, 0.15) is 77.6 Å². The summed E-state index contributed by atoms with van der Waals surface area (Å²) in [6.45, 7) is 3.42. The number of halogens is 1. The maximum Gasteiger partial charge on any atom is 0.261 e. The smallest absolute Gasteiger partial charge is 0.261 e. The molecule has 0 radical (unpaired) electrons. The first-order chi connectivity index (χ1) is 16.8. The molecule has 2 saturated carbocycles. The third-order valence-electron chi connectivity index (χ3n) is 9.20. The highest BCUT2D eigenvalue weighted by atomic mass is 35.5. The fourth-order valence-corrected chi connectivity index (χ4v) is 7.31. The summed E-state index contributed by atoms with van der Waals surface area (Å²) in [4.78, 5) is 33.2. The van der Waals surface area contributed by atoms with E-state index < -0.39 is 5.60 Å². The number of amides is 1. The van der Waals surface area contributed by atoms with E-state index in [2.05, 4.69) is 11.9 Å². The van der Waals surface area contributed by atoms with Gasteiger partial charge in [-0.1, -0.05) is 63.5 Å². The highest BCUT2D eigenvalue weighted by Gasteiger charge is 2.55. The van der Waals surface area contributed by atoms with E-state index in [1.165, 1.54) is 38.4 Å². The monoisotopic (exact) mass is 499 g/mol. The Bertz CT molecular complexity index is 1140. The molecule has 3 aliphatic rings. The summed E-state index contributed by atoms with van der Waals surface area (Å²) in [6, 6.07) is 5.09. The first kappa shape index (κ1) is 24.8. The van der Waals surface area contributed by atoms with E-state index in [4.69, 9.17) is 11.6 Å². The SMILES string of the molecule is CC(CC1CCCCC1)C(=O)N1CCC(O)(Cn2cnc3cc(Cl)ccc3c2=O)C2(CCCC2)C1. The van der Waals surface area contributed by atoms with Gasteiger partial charge in [0.1, 0.15) is 0 Å². The number of piperidine rings is 1. The molecule has 1 saturated heterocycles. The summed E-state index contributed by atoms with van der Waals surface area (Å²) < 4.78 is 1.56. The summed E-state index contributed by atoms with van der Waals surface area (Å²) in [5, 5.41) is 13.1. The molecule has 1 spiro atoms. The number of carbonyl (C=O) groups excluding carboxylic acids is 1. The van der Waals surface area contributed by atoms with Crippen molar-refractivity contribution in [2.45, 2.75) is 89.7 Å². The molecule has 3 fully saturated rings. The number of hydrogen-bond acceptors (Lipinski definition) is 4. The van der Waals surface area contributed by atoms with E-state index >= 15 is 0 Å². The Hall–Kier alpha value is -1.92. The van der Waals surface area contributed by atoms with Crippen molar-refractivity contribution in [2.24, 2.45) is 17.3 Å². The molecule has 2 aromatic rings. The van der Waals surface area contributed by atoms with Crippen LogP contribution in [0.3, 0.4) is 0 Å². The molecule has 7 heteroatoms. The molecular weight excluding hydrogens is 462 g/mol. The van der Waals surface area contributed by atoms with Gasteiger partial charge in [-0.15, -0.1) is 0 Å². The van der Waals surface area contributed by atoms with E-state index in [1.54, 1.807) is 22.8 Å². The molecule has 2 heterocycles. The third-order valence-corrected chi connectivity index (χ3v) is 9.44. The van der Waals surface area contributed by atoms with Gasteiger partial charge >= 0.3 is 0 Å². The van der Waals surface area contributed by atoms with E-state index in [0.29, 0.717) is 41.4 Å². The summed E-state index contributed by atoms with van der Waals surface area (Å²) in [6.07, 6.45) is 13.3. The first-order valence-corrected chi connectivity index (χ1v) is 13.8. The number of nitrogens with zero attached hydrogens (tertiary/aromatic N) is 3. The van der Waals surface area contributed by atoms with Gasteiger partial charge < -0.3 is 10.0 Å². The van der Waals surface area contributed by atoms with Crippen molar-refractivity contribution in [3.8, 4) is 0 Å².